The van der Waals surface area contributed by atoms with Crippen molar-refractivity contribution in [3.05, 3.63) is 42.0 Å². The van der Waals surface area contributed by atoms with Crippen molar-refractivity contribution in [3.8, 4) is 11.5 Å². The predicted molar refractivity (Wildman–Crippen MR) is 114 cm³/mol. The van der Waals surface area contributed by atoms with Gasteiger partial charge in [-0.05, 0) is 50.5 Å². The average molecular weight is 405 g/mol. The van der Waals surface area contributed by atoms with Crippen molar-refractivity contribution in [1.82, 2.24) is 15.6 Å². The molecule has 2 N–H and O–H groups in total. The lowest BCUT2D eigenvalue weighted by Gasteiger charge is -2.20. The summed E-state index contributed by atoms with van der Waals surface area (Å²) in [6.45, 7) is 11.3. The number of aromatic nitrogens is 1. The molecule has 0 aliphatic rings. The summed E-state index contributed by atoms with van der Waals surface area (Å²) in [5.41, 5.74) is 1.60. The van der Waals surface area contributed by atoms with Crippen LogP contribution in [0.3, 0.4) is 0 Å². The fourth-order valence-corrected chi connectivity index (χ4v) is 2.92. The van der Waals surface area contributed by atoms with Crippen molar-refractivity contribution in [2.75, 3.05) is 26.2 Å². The summed E-state index contributed by atoms with van der Waals surface area (Å²) in [5.74, 6) is 1.48. The minimum Gasteiger partial charge on any atom is -0.444 e. The number of aliphatic imine (C=N–C) groups is 1. The number of ether oxygens (including phenoxy) is 1. The van der Waals surface area contributed by atoms with Crippen molar-refractivity contribution in [3.63, 3.8) is 0 Å². The topological polar surface area (TPSA) is 71.7 Å². The number of hydrogen-bond acceptors (Lipinski definition) is 4. The van der Waals surface area contributed by atoms with Gasteiger partial charge >= 0.3 is 0 Å². The lowest BCUT2D eigenvalue weighted by molar-refractivity contribution is 0.0266. The molecule has 0 fully saturated rings. The molecule has 0 aliphatic heterocycles. The molecule has 0 aliphatic carbocycles. The number of hydrogen-bond donors (Lipinski definition) is 2. The maximum atomic E-state index is 13.0. The van der Waals surface area contributed by atoms with Gasteiger partial charge in [-0.1, -0.05) is 13.8 Å². The molecule has 7 heteroatoms. The van der Waals surface area contributed by atoms with E-state index < -0.39 is 0 Å². The summed E-state index contributed by atoms with van der Waals surface area (Å²) in [6.07, 6.45) is 3.46. The number of nitrogens with one attached hydrogen (secondary N) is 2. The van der Waals surface area contributed by atoms with E-state index in [0.717, 1.165) is 36.8 Å². The number of rotatable bonds is 11. The zero-order valence-corrected chi connectivity index (χ0v) is 17.9. The van der Waals surface area contributed by atoms with Crippen LogP contribution in [0.2, 0.25) is 0 Å². The Bertz CT molecular complexity index is 744. The van der Waals surface area contributed by atoms with Gasteiger partial charge in [0.25, 0.3) is 0 Å². The van der Waals surface area contributed by atoms with Gasteiger partial charge in [0.2, 0.25) is 5.89 Å². The highest BCUT2D eigenvalue weighted by atomic mass is 19.1. The Morgan fingerprint density at radius 2 is 1.97 bits per heavy atom. The molecular formula is C22H33FN4O2. The monoisotopic (exact) mass is 404 g/mol. The van der Waals surface area contributed by atoms with Gasteiger partial charge in [0.1, 0.15) is 12.1 Å². The molecule has 6 nitrogen and oxygen atoms in total. The van der Waals surface area contributed by atoms with Crippen LogP contribution < -0.4 is 10.6 Å². The third-order valence-corrected chi connectivity index (χ3v) is 4.47. The Morgan fingerprint density at radius 1 is 1.21 bits per heavy atom. The van der Waals surface area contributed by atoms with E-state index in [1.165, 1.54) is 12.1 Å². The maximum absolute atomic E-state index is 13.0. The van der Waals surface area contributed by atoms with Crippen LogP contribution >= 0.6 is 0 Å². The molecule has 160 valence electrons. The smallest absolute Gasteiger partial charge is 0.226 e. The van der Waals surface area contributed by atoms with Gasteiger partial charge in [-0.3, -0.25) is 4.99 Å². The van der Waals surface area contributed by atoms with Gasteiger partial charge in [-0.2, -0.15) is 0 Å². The number of oxazole rings is 1. The Morgan fingerprint density at radius 3 is 2.62 bits per heavy atom. The van der Waals surface area contributed by atoms with Crippen LogP contribution in [0.4, 0.5) is 4.39 Å². The molecule has 2 aromatic rings. The predicted octanol–water partition coefficient (Wildman–Crippen LogP) is 4.03. The van der Waals surface area contributed by atoms with E-state index in [0.29, 0.717) is 31.3 Å². The molecule has 0 saturated carbocycles. The maximum Gasteiger partial charge on any atom is 0.226 e. The molecular weight excluding hydrogens is 371 g/mol. The highest BCUT2D eigenvalue weighted by molar-refractivity contribution is 5.79. The van der Waals surface area contributed by atoms with E-state index in [2.05, 4.69) is 34.5 Å². The third-order valence-electron chi connectivity index (χ3n) is 4.47. The zero-order chi connectivity index (χ0) is 21.1. The molecule has 1 heterocycles. The second-order valence-corrected chi connectivity index (χ2v) is 7.11. The van der Waals surface area contributed by atoms with Crippen molar-refractivity contribution in [1.29, 1.82) is 0 Å². The van der Waals surface area contributed by atoms with E-state index in [4.69, 9.17) is 9.15 Å². The molecule has 0 saturated heterocycles. The SMILES string of the molecule is CCNC(=NCCC(OCC)C(C)C)NCCc1coc(-c2ccc(F)cc2)n1. The fraction of sp³-hybridized carbons (Fsp3) is 0.545. The highest BCUT2D eigenvalue weighted by Crippen LogP contribution is 2.19. The number of nitrogens with zero attached hydrogens (tertiary/aromatic N) is 2. The number of halogens is 1. The van der Waals surface area contributed by atoms with Gasteiger partial charge in [-0.15, -0.1) is 0 Å². The second-order valence-electron chi connectivity index (χ2n) is 7.11. The Labute approximate surface area is 173 Å². The van der Waals surface area contributed by atoms with Gasteiger partial charge in [0.15, 0.2) is 5.96 Å². The van der Waals surface area contributed by atoms with Gasteiger partial charge in [0.05, 0.1) is 11.8 Å². The summed E-state index contributed by atoms with van der Waals surface area (Å²) < 4.78 is 24.3. The van der Waals surface area contributed by atoms with Crippen LogP contribution in [0.1, 0.15) is 39.8 Å². The first kappa shape index (κ1) is 22.9. The molecule has 1 atom stereocenters. The fourth-order valence-electron chi connectivity index (χ4n) is 2.92. The molecule has 1 aromatic carbocycles. The molecule has 2 rings (SSSR count). The Kier molecular flexibility index (Phi) is 9.64. The second kappa shape index (κ2) is 12.2. The number of benzene rings is 1. The molecule has 1 unspecified atom stereocenters. The Balaban J connectivity index is 1.83. The summed E-state index contributed by atoms with van der Waals surface area (Å²) >= 11 is 0. The quantitative estimate of drug-likeness (QED) is 0.437. The van der Waals surface area contributed by atoms with Crippen molar-refractivity contribution in [2.24, 2.45) is 10.9 Å². The van der Waals surface area contributed by atoms with Crippen LogP contribution in [-0.4, -0.2) is 43.3 Å². The minimum absolute atomic E-state index is 0.228. The van der Waals surface area contributed by atoms with Crippen molar-refractivity contribution in [2.45, 2.75) is 46.6 Å². The summed E-state index contributed by atoms with van der Waals surface area (Å²) in [5, 5.41) is 6.59. The van der Waals surface area contributed by atoms with E-state index in [1.807, 2.05) is 13.8 Å². The third kappa shape index (κ3) is 7.85. The summed E-state index contributed by atoms with van der Waals surface area (Å²) in [4.78, 5) is 9.12. The minimum atomic E-state index is -0.277. The molecule has 0 spiro atoms. The highest BCUT2D eigenvalue weighted by Gasteiger charge is 2.12. The average Bonchev–Trinajstić information content (AvgIpc) is 3.16. The van der Waals surface area contributed by atoms with Crippen LogP contribution in [-0.2, 0) is 11.2 Å². The van der Waals surface area contributed by atoms with E-state index >= 15 is 0 Å². The van der Waals surface area contributed by atoms with Gasteiger partial charge in [0, 0.05) is 38.2 Å². The van der Waals surface area contributed by atoms with E-state index in [9.17, 15) is 4.39 Å². The van der Waals surface area contributed by atoms with Crippen LogP contribution in [0.25, 0.3) is 11.5 Å². The van der Waals surface area contributed by atoms with Crippen molar-refractivity contribution < 1.29 is 13.5 Å². The first-order valence-corrected chi connectivity index (χ1v) is 10.4. The van der Waals surface area contributed by atoms with E-state index in [1.54, 1.807) is 18.4 Å². The normalized spacial score (nSPS) is 13.0. The van der Waals surface area contributed by atoms with Gasteiger partial charge < -0.3 is 19.8 Å². The molecule has 0 bridgehead atoms. The number of guanidine groups is 1. The molecule has 29 heavy (non-hydrogen) atoms. The first-order valence-electron chi connectivity index (χ1n) is 10.4. The first-order chi connectivity index (χ1) is 14.0. The van der Waals surface area contributed by atoms with Gasteiger partial charge in [-0.25, -0.2) is 9.37 Å². The molecule has 1 aromatic heterocycles. The zero-order valence-electron chi connectivity index (χ0n) is 17.9. The van der Waals surface area contributed by atoms with Crippen LogP contribution in [0.5, 0.6) is 0 Å². The lowest BCUT2D eigenvalue weighted by Crippen LogP contribution is -2.38. The largest absolute Gasteiger partial charge is 0.444 e. The Hall–Kier alpha value is -2.41. The molecule has 0 radical (unpaired) electrons. The van der Waals surface area contributed by atoms with Crippen molar-refractivity contribution >= 4 is 5.96 Å². The van der Waals surface area contributed by atoms with Crippen LogP contribution in [0.15, 0.2) is 39.9 Å². The summed E-state index contributed by atoms with van der Waals surface area (Å²) in [7, 11) is 0. The molecule has 0 amide bonds. The summed E-state index contributed by atoms with van der Waals surface area (Å²) in [6, 6.07) is 6.11. The standard InChI is InChI=1S/C22H33FN4O2/c1-5-24-22(26-14-12-20(16(3)4)28-6-2)25-13-11-19-15-29-21(27-19)17-7-9-18(23)10-8-17/h7-10,15-16,20H,5-6,11-14H2,1-4H3,(H2,24,25,26). The van der Waals surface area contributed by atoms with E-state index in [-0.39, 0.29) is 11.9 Å². The lowest BCUT2D eigenvalue weighted by atomic mass is 10.0. The van der Waals surface area contributed by atoms with Crippen LogP contribution in [0, 0.1) is 11.7 Å².